The molecular formula is C20H25ClN4O4. The molecule has 29 heavy (non-hydrogen) atoms. The third-order valence-electron chi connectivity index (χ3n) is 4.46. The van der Waals surface area contributed by atoms with Gasteiger partial charge in [-0.05, 0) is 11.6 Å². The van der Waals surface area contributed by atoms with Gasteiger partial charge in [-0.25, -0.2) is 9.79 Å². The van der Waals surface area contributed by atoms with Gasteiger partial charge in [0.2, 0.25) is 5.91 Å². The van der Waals surface area contributed by atoms with E-state index in [4.69, 9.17) is 22.1 Å². The summed E-state index contributed by atoms with van der Waals surface area (Å²) in [5.41, 5.74) is 5.87. The highest BCUT2D eigenvalue weighted by molar-refractivity contribution is 6.31. The van der Waals surface area contributed by atoms with Crippen LogP contribution in [-0.2, 0) is 9.53 Å². The average Bonchev–Trinajstić information content (AvgIpc) is 2.74. The van der Waals surface area contributed by atoms with E-state index < -0.39 is 12.2 Å². The Morgan fingerprint density at radius 1 is 1.24 bits per heavy atom. The van der Waals surface area contributed by atoms with Crippen LogP contribution in [0.4, 0.5) is 4.79 Å². The van der Waals surface area contributed by atoms with Gasteiger partial charge < -0.3 is 25.4 Å². The molecular weight excluding hydrogens is 396 g/mol. The van der Waals surface area contributed by atoms with Crippen LogP contribution >= 0.6 is 11.6 Å². The van der Waals surface area contributed by atoms with Gasteiger partial charge >= 0.3 is 6.09 Å². The molecule has 1 unspecified atom stereocenters. The zero-order valence-corrected chi connectivity index (χ0v) is 16.8. The van der Waals surface area contributed by atoms with E-state index in [0.29, 0.717) is 42.6 Å². The van der Waals surface area contributed by atoms with Crippen molar-refractivity contribution >= 4 is 29.4 Å². The first-order valence-corrected chi connectivity index (χ1v) is 9.51. The monoisotopic (exact) mass is 420 g/mol. The second-order valence-corrected chi connectivity index (χ2v) is 6.77. The lowest BCUT2D eigenvalue weighted by Crippen LogP contribution is -2.51. The van der Waals surface area contributed by atoms with Crippen molar-refractivity contribution in [2.75, 3.05) is 32.8 Å². The Morgan fingerprint density at radius 3 is 2.41 bits per heavy atom. The van der Waals surface area contributed by atoms with E-state index in [1.54, 1.807) is 29.2 Å². The van der Waals surface area contributed by atoms with Crippen molar-refractivity contribution in [3.05, 3.63) is 59.8 Å². The third-order valence-corrected chi connectivity index (χ3v) is 4.71. The normalized spacial score (nSPS) is 16.3. The summed E-state index contributed by atoms with van der Waals surface area (Å²) in [5.74, 6) is 0.327. The molecule has 1 aromatic carbocycles. The number of carbonyl (C=O) groups is 2. The number of hydrogen-bond donors (Lipinski definition) is 2. The Balaban J connectivity index is 1.98. The number of aliphatic hydroxyl groups is 1. The first-order valence-electron chi connectivity index (χ1n) is 9.14. The highest BCUT2D eigenvalue weighted by atomic mass is 35.5. The minimum Gasteiger partial charge on any atom is -0.441 e. The van der Waals surface area contributed by atoms with Crippen LogP contribution in [0.5, 0.6) is 0 Å². The number of primary amides is 1. The second kappa shape index (κ2) is 11.2. The van der Waals surface area contributed by atoms with Crippen LogP contribution in [-0.4, -0.2) is 65.5 Å². The molecule has 1 saturated heterocycles. The number of rotatable bonds is 7. The molecule has 0 spiro atoms. The topological polar surface area (TPSA) is 108 Å². The lowest BCUT2D eigenvalue weighted by Gasteiger charge is -2.36. The van der Waals surface area contributed by atoms with Crippen molar-refractivity contribution in [3.8, 4) is 0 Å². The molecule has 2 amide bonds. The van der Waals surface area contributed by atoms with Gasteiger partial charge in [-0.1, -0.05) is 48.5 Å². The van der Waals surface area contributed by atoms with Gasteiger partial charge in [0, 0.05) is 32.4 Å². The van der Waals surface area contributed by atoms with Crippen molar-refractivity contribution in [3.63, 3.8) is 0 Å². The molecule has 0 radical (unpaired) electrons. The molecule has 156 valence electrons. The van der Waals surface area contributed by atoms with Crippen LogP contribution < -0.4 is 5.73 Å². The third kappa shape index (κ3) is 6.92. The average molecular weight is 421 g/mol. The highest BCUT2D eigenvalue weighted by Crippen LogP contribution is 2.22. The summed E-state index contributed by atoms with van der Waals surface area (Å²) in [4.78, 5) is 31.7. The zero-order valence-electron chi connectivity index (χ0n) is 16.0. The summed E-state index contributed by atoms with van der Waals surface area (Å²) in [6.45, 7) is 5.23. The van der Waals surface area contributed by atoms with Gasteiger partial charge in [0.05, 0.1) is 11.5 Å². The lowest BCUT2D eigenvalue weighted by atomic mass is 10.1. The van der Waals surface area contributed by atoms with Crippen LogP contribution in [0.1, 0.15) is 18.1 Å². The van der Waals surface area contributed by atoms with E-state index in [9.17, 15) is 14.7 Å². The number of benzene rings is 1. The number of allylic oxidation sites excluding steroid dienone is 2. The molecule has 0 saturated carbocycles. The number of halogens is 1. The van der Waals surface area contributed by atoms with E-state index in [1.807, 2.05) is 11.0 Å². The number of amides is 2. The molecule has 1 aliphatic rings. The Kier molecular flexibility index (Phi) is 8.69. The molecule has 2 rings (SSSR count). The summed E-state index contributed by atoms with van der Waals surface area (Å²) in [6.07, 6.45) is 1.22. The predicted molar refractivity (Wildman–Crippen MR) is 111 cm³/mol. The van der Waals surface area contributed by atoms with Gasteiger partial charge in [-0.2, -0.15) is 0 Å². The maximum atomic E-state index is 12.7. The SMILES string of the molecule is C=C/C(Cl)=C\N=C(/CO)N1CCN(C(=O)CC(OC(N)=O)c2ccccc2)CC1. The van der Waals surface area contributed by atoms with Gasteiger partial charge in [0.1, 0.15) is 18.5 Å². The van der Waals surface area contributed by atoms with E-state index in [2.05, 4.69) is 11.6 Å². The molecule has 0 bridgehead atoms. The summed E-state index contributed by atoms with van der Waals surface area (Å²) in [5, 5.41) is 9.92. The fraction of sp³-hybridized carbons (Fsp3) is 0.350. The van der Waals surface area contributed by atoms with Crippen molar-refractivity contribution < 1.29 is 19.4 Å². The van der Waals surface area contributed by atoms with Crippen LogP contribution in [0.15, 0.2) is 59.2 Å². The quantitative estimate of drug-likeness (QED) is 0.398. The first-order chi connectivity index (χ1) is 13.9. The van der Waals surface area contributed by atoms with Gasteiger partial charge in [-0.15, -0.1) is 0 Å². The Morgan fingerprint density at radius 2 is 1.86 bits per heavy atom. The summed E-state index contributed by atoms with van der Waals surface area (Å²) in [7, 11) is 0. The fourth-order valence-corrected chi connectivity index (χ4v) is 3.00. The lowest BCUT2D eigenvalue weighted by molar-refractivity contribution is -0.134. The maximum Gasteiger partial charge on any atom is 0.405 e. The number of amidine groups is 1. The molecule has 0 aromatic heterocycles. The first kappa shape index (κ1) is 22.4. The largest absolute Gasteiger partial charge is 0.441 e. The maximum absolute atomic E-state index is 12.7. The molecule has 3 N–H and O–H groups in total. The van der Waals surface area contributed by atoms with Gasteiger partial charge in [-0.3, -0.25) is 4.79 Å². The minimum atomic E-state index is -0.925. The van der Waals surface area contributed by atoms with Crippen molar-refractivity contribution in [1.82, 2.24) is 9.80 Å². The Labute approximate surface area is 174 Å². The van der Waals surface area contributed by atoms with E-state index >= 15 is 0 Å². The van der Waals surface area contributed by atoms with E-state index in [1.165, 1.54) is 12.3 Å². The number of nitrogens with two attached hydrogens (primary N) is 1. The fourth-order valence-electron chi connectivity index (χ4n) is 2.95. The number of hydrogen-bond acceptors (Lipinski definition) is 5. The number of piperazine rings is 1. The van der Waals surface area contributed by atoms with Crippen LogP contribution in [0.2, 0.25) is 0 Å². The Bertz CT molecular complexity index is 774. The molecule has 1 aromatic rings. The minimum absolute atomic E-state index is 0.00554. The zero-order chi connectivity index (χ0) is 21.2. The van der Waals surface area contributed by atoms with E-state index in [-0.39, 0.29) is 18.9 Å². The molecule has 0 aliphatic carbocycles. The predicted octanol–water partition coefficient (Wildman–Crippen LogP) is 2.01. The molecule has 9 heteroatoms. The number of aliphatic imine (C=N–C) groups is 1. The van der Waals surface area contributed by atoms with E-state index in [0.717, 1.165) is 0 Å². The summed E-state index contributed by atoms with van der Waals surface area (Å²) >= 11 is 5.84. The van der Waals surface area contributed by atoms with Gasteiger partial charge in [0.15, 0.2) is 0 Å². The molecule has 8 nitrogen and oxygen atoms in total. The van der Waals surface area contributed by atoms with Crippen molar-refractivity contribution in [2.24, 2.45) is 10.7 Å². The number of carbonyl (C=O) groups excluding carboxylic acids is 2. The molecule has 1 fully saturated rings. The number of aliphatic hydroxyl groups excluding tert-OH is 1. The highest BCUT2D eigenvalue weighted by Gasteiger charge is 2.26. The van der Waals surface area contributed by atoms with Crippen LogP contribution in [0.25, 0.3) is 0 Å². The molecule has 1 heterocycles. The Hall–Kier alpha value is -2.84. The smallest absolute Gasteiger partial charge is 0.405 e. The summed E-state index contributed by atoms with van der Waals surface area (Å²) < 4.78 is 5.14. The standard InChI is InChI=1S/C20H25ClN4O4/c1-2-16(21)13-23-18(14-26)24-8-10-25(11-9-24)19(27)12-17(29-20(22)28)15-6-4-3-5-7-15/h2-7,13,17,26H,1,8-12,14H2,(H2,22,28)/b16-13+,23-18+. The molecule has 1 atom stereocenters. The van der Waals surface area contributed by atoms with Crippen LogP contribution in [0, 0.1) is 0 Å². The van der Waals surface area contributed by atoms with Crippen LogP contribution in [0.3, 0.4) is 0 Å². The van der Waals surface area contributed by atoms with Gasteiger partial charge in [0.25, 0.3) is 0 Å². The number of ether oxygens (including phenoxy) is 1. The van der Waals surface area contributed by atoms with Crippen molar-refractivity contribution in [2.45, 2.75) is 12.5 Å². The second-order valence-electron chi connectivity index (χ2n) is 6.33. The van der Waals surface area contributed by atoms with Crippen molar-refractivity contribution in [1.29, 1.82) is 0 Å². The summed E-state index contributed by atoms with van der Waals surface area (Å²) in [6, 6.07) is 9.01. The number of nitrogens with zero attached hydrogens (tertiary/aromatic N) is 3. The molecule has 1 aliphatic heterocycles.